The Morgan fingerprint density at radius 2 is 1.68 bits per heavy atom. The van der Waals surface area contributed by atoms with Crippen molar-refractivity contribution in [1.82, 2.24) is 19.9 Å². The zero-order valence-electron chi connectivity index (χ0n) is 14.0. The van der Waals surface area contributed by atoms with Crippen LogP contribution in [-0.4, -0.2) is 38.2 Å². The van der Waals surface area contributed by atoms with Gasteiger partial charge in [0.2, 0.25) is 0 Å². The lowest BCUT2D eigenvalue weighted by atomic mass is 10.2. The standard InChI is InChI=1S/C18H20N6O/c1-13-4-2-5-14(8-13)22-18-12-20-10-16(24-18)15-9-19-11-17(23-15)21-6-3-7-25/h2,4-5,8-12,25H,3,6-7H2,1H3,(H,21,23)(H,22,24). The van der Waals surface area contributed by atoms with E-state index in [1.54, 1.807) is 24.8 Å². The topological polar surface area (TPSA) is 95.9 Å². The number of benzene rings is 1. The summed E-state index contributed by atoms with van der Waals surface area (Å²) in [6.07, 6.45) is 7.27. The Bertz CT molecular complexity index is 839. The van der Waals surface area contributed by atoms with Gasteiger partial charge in [0.25, 0.3) is 0 Å². The van der Waals surface area contributed by atoms with Crippen LogP contribution in [0.4, 0.5) is 17.3 Å². The van der Waals surface area contributed by atoms with Gasteiger partial charge in [0, 0.05) is 18.8 Å². The quantitative estimate of drug-likeness (QED) is 0.571. The molecule has 1 aromatic carbocycles. The molecule has 0 spiro atoms. The van der Waals surface area contributed by atoms with E-state index in [0.717, 1.165) is 5.69 Å². The van der Waals surface area contributed by atoms with Gasteiger partial charge in [0.05, 0.1) is 24.8 Å². The Labute approximate surface area is 146 Å². The lowest BCUT2D eigenvalue weighted by Crippen LogP contribution is -2.06. The van der Waals surface area contributed by atoms with Crippen LogP contribution in [0.1, 0.15) is 12.0 Å². The SMILES string of the molecule is Cc1cccc(Nc2cncc(-c3cncc(NCCCO)n3)n2)c1. The summed E-state index contributed by atoms with van der Waals surface area (Å²) in [6, 6.07) is 8.05. The number of nitrogens with one attached hydrogen (secondary N) is 2. The first-order valence-electron chi connectivity index (χ1n) is 8.07. The highest BCUT2D eigenvalue weighted by Crippen LogP contribution is 2.19. The number of aromatic nitrogens is 4. The number of hydrogen-bond acceptors (Lipinski definition) is 7. The van der Waals surface area contributed by atoms with Gasteiger partial charge in [-0.25, -0.2) is 9.97 Å². The van der Waals surface area contributed by atoms with Crippen molar-refractivity contribution >= 4 is 17.3 Å². The Morgan fingerprint density at radius 3 is 2.40 bits per heavy atom. The third-order valence-corrected chi connectivity index (χ3v) is 3.46. The van der Waals surface area contributed by atoms with Gasteiger partial charge in [-0.1, -0.05) is 12.1 Å². The zero-order valence-corrected chi connectivity index (χ0v) is 14.0. The monoisotopic (exact) mass is 336 g/mol. The summed E-state index contributed by atoms with van der Waals surface area (Å²) in [6.45, 7) is 2.81. The Balaban J connectivity index is 1.78. The molecular formula is C18H20N6O. The lowest BCUT2D eigenvalue weighted by molar-refractivity contribution is 0.292. The first-order chi connectivity index (χ1) is 12.2. The van der Waals surface area contributed by atoms with Crippen molar-refractivity contribution in [3.05, 3.63) is 54.6 Å². The zero-order chi connectivity index (χ0) is 17.5. The van der Waals surface area contributed by atoms with Crippen molar-refractivity contribution in [2.45, 2.75) is 13.3 Å². The molecular weight excluding hydrogens is 316 g/mol. The van der Waals surface area contributed by atoms with Crippen LogP contribution in [0.15, 0.2) is 49.1 Å². The van der Waals surface area contributed by atoms with E-state index in [1.165, 1.54) is 5.56 Å². The van der Waals surface area contributed by atoms with Gasteiger partial charge in [-0.2, -0.15) is 0 Å². The van der Waals surface area contributed by atoms with E-state index in [1.807, 2.05) is 31.2 Å². The molecule has 0 aliphatic carbocycles. The Hall–Kier alpha value is -3.06. The van der Waals surface area contributed by atoms with Crippen LogP contribution in [0.25, 0.3) is 11.4 Å². The van der Waals surface area contributed by atoms with E-state index in [2.05, 4.69) is 30.6 Å². The van der Waals surface area contributed by atoms with E-state index < -0.39 is 0 Å². The molecule has 2 heterocycles. The second kappa shape index (κ2) is 8.16. The minimum atomic E-state index is 0.137. The average molecular weight is 336 g/mol. The predicted molar refractivity (Wildman–Crippen MR) is 97.7 cm³/mol. The van der Waals surface area contributed by atoms with E-state index >= 15 is 0 Å². The van der Waals surface area contributed by atoms with Crippen LogP contribution in [0.5, 0.6) is 0 Å². The molecule has 0 aliphatic heterocycles. The maximum absolute atomic E-state index is 8.84. The van der Waals surface area contributed by atoms with Gasteiger partial charge in [-0.05, 0) is 31.0 Å². The average Bonchev–Trinajstić information content (AvgIpc) is 2.63. The first-order valence-corrected chi connectivity index (χ1v) is 8.07. The van der Waals surface area contributed by atoms with Gasteiger partial charge in [0.1, 0.15) is 23.0 Å². The molecule has 0 fully saturated rings. The third kappa shape index (κ3) is 4.71. The molecule has 3 rings (SSSR count). The van der Waals surface area contributed by atoms with Crippen molar-refractivity contribution < 1.29 is 5.11 Å². The molecule has 0 aliphatic rings. The summed E-state index contributed by atoms with van der Waals surface area (Å²) in [5.41, 5.74) is 3.39. The number of anilines is 3. The number of hydrogen-bond donors (Lipinski definition) is 3. The molecule has 0 bridgehead atoms. The molecule has 3 aromatic rings. The summed E-state index contributed by atoms with van der Waals surface area (Å²) in [4.78, 5) is 17.5. The molecule has 2 aromatic heterocycles. The van der Waals surface area contributed by atoms with Crippen LogP contribution in [0, 0.1) is 6.92 Å². The van der Waals surface area contributed by atoms with E-state index in [-0.39, 0.29) is 6.61 Å². The Morgan fingerprint density at radius 1 is 0.960 bits per heavy atom. The number of aliphatic hydroxyl groups excluding tert-OH is 1. The van der Waals surface area contributed by atoms with Crippen LogP contribution >= 0.6 is 0 Å². The summed E-state index contributed by atoms with van der Waals surface area (Å²) in [5.74, 6) is 1.29. The predicted octanol–water partition coefficient (Wildman–Crippen LogP) is 2.78. The molecule has 7 nitrogen and oxygen atoms in total. The van der Waals surface area contributed by atoms with Crippen LogP contribution in [0.3, 0.4) is 0 Å². The van der Waals surface area contributed by atoms with Crippen LogP contribution < -0.4 is 10.6 Å². The van der Waals surface area contributed by atoms with Gasteiger partial charge >= 0.3 is 0 Å². The van der Waals surface area contributed by atoms with Crippen LogP contribution in [0.2, 0.25) is 0 Å². The third-order valence-electron chi connectivity index (χ3n) is 3.46. The number of aryl methyl sites for hydroxylation is 1. The molecule has 0 amide bonds. The highest BCUT2D eigenvalue weighted by molar-refractivity contribution is 5.61. The molecule has 25 heavy (non-hydrogen) atoms. The maximum Gasteiger partial charge on any atom is 0.149 e. The van der Waals surface area contributed by atoms with Crippen molar-refractivity contribution in [3.63, 3.8) is 0 Å². The summed E-state index contributed by atoms with van der Waals surface area (Å²) in [7, 11) is 0. The number of rotatable bonds is 7. The molecule has 0 atom stereocenters. The van der Waals surface area contributed by atoms with Gasteiger partial charge in [-0.15, -0.1) is 0 Å². The van der Waals surface area contributed by atoms with E-state index in [0.29, 0.717) is 36.0 Å². The van der Waals surface area contributed by atoms with Gasteiger partial charge in [-0.3, -0.25) is 9.97 Å². The fourth-order valence-corrected chi connectivity index (χ4v) is 2.29. The molecule has 3 N–H and O–H groups in total. The molecule has 0 saturated carbocycles. The smallest absolute Gasteiger partial charge is 0.149 e. The normalized spacial score (nSPS) is 10.5. The van der Waals surface area contributed by atoms with Crippen molar-refractivity contribution in [3.8, 4) is 11.4 Å². The van der Waals surface area contributed by atoms with Crippen molar-refractivity contribution in [1.29, 1.82) is 0 Å². The molecule has 128 valence electrons. The van der Waals surface area contributed by atoms with E-state index in [4.69, 9.17) is 5.11 Å². The fourth-order valence-electron chi connectivity index (χ4n) is 2.29. The molecule has 0 radical (unpaired) electrons. The van der Waals surface area contributed by atoms with Gasteiger partial charge in [0.15, 0.2) is 0 Å². The van der Waals surface area contributed by atoms with Crippen molar-refractivity contribution in [2.24, 2.45) is 0 Å². The van der Waals surface area contributed by atoms with Gasteiger partial charge < -0.3 is 15.7 Å². The lowest BCUT2D eigenvalue weighted by Gasteiger charge is -2.08. The number of nitrogens with zero attached hydrogens (tertiary/aromatic N) is 4. The highest BCUT2D eigenvalue weighted by Gasteiger charge is 2.06. The first kappa shape index (κ1) is 16.8. The Kier molecular flexibility index (Phi) is 5.48. The summed E-state index contributed by atoms with van der Waals surface area (Å²) in [5, 5.41) is 15.2. The highest BCUT2D eigenvalue weighted by atomic mass is 16.3. The summed E-state index contributed by atoms with van der Waals surface area (Å²) >= 11 is 0. The minimum Gasteiger partial charge on any atom is -0.396 e. The minimum absolute atomic E-state index is 0.137. The molecule has 0 saturated heterocycles. The van der Waals surface area contributed by atoms with Crippen LogP contribution in [-0.2, 0) is 0 Å². The molecule has 0 unspecified atom stereocenters. The van der Waals surface area contributed by atoms with Crippen molar-refractivity contribution in [2.75, 3.05) is 23.8 Å². The van der Waals surface area contributed by atoms with E-state index in [9.17, 15) is 0 Å². The second-order valence-electron chi connectivity index (χ2n) is 5.58. The maximum atomic E-state index is 8.84. The number of aliphatic hydroxyl groups is 1. The fraction of sp³-hybridized carbons (Fsp3) is 0.222. The largest absolute Gasteiger partial charge is 0.396 e. The second-order valence-corrected chi connectivity index (χ2v) is 5.58. The summed E-state index contributed by atoms with van der Waals surface area (Å²) < 4.78 is 0. The molecule has 7 heteroatoms.